The van der Waals surface area contributed by atoms with E-state index in [9.17, 15) is 0 Å². The van der Waals surface area contributed by atoms with Gasteiger partial charge in [-0.05, 0) is 36.7 Å². The highest BCUT2D eigenvalue weighted by Gasteiger charge is 2.30. The van der Waals surface area contributed by atoms with Gasteiger partial charge in [-0.1, -0.05) is 24.3 Å². The second-order valence-corrected chi connectivity index (χ2v) is 6.08. The molecule has 98 valence electrons. The number of hydrogen-bond acceptors (Lipinski definition) is 3. The molecule has 2 unspecified atom stereocenters. The van der Waals surface area contributed by atoms with E-state index in [-0.39, 0.29) is 0 Å². The van der Waals surface area contributed by atoms with Gasteiger partial charge in [0.05, 0.1) is 0 Å². The average Bonchev–Trinajstić information content (AvgIpc) is 2.84. The van der Waals surface area contributed by atoms with Crippen molar-refractivity contribution in [3.63, 3.8) is 0 Å². The third-order valence-electron chi connectivity index (χ3n) is 3.71. The summed E-state index contributed by atoms with van der Waals surface area (Å²) >= 11 is 1.96. The van der Waals surface area contributed by atoms with E-state index in [4.69, 9.17) is 0 Å². The Kier molecular flexibility index (Phi) is 3.58. The zero-order chi connectivity index (χ0) is 13.2. The molecule has 1 aromatic heterocycles. The van der Waals surface area contributed by atoms with Gasteiger partial charge >= 0.3 is 0 Å². The lowest BCUT2D eigenvalue weighted by Gasteiger charge is -2.24. The van der Waals surface area contributed by atoms with Crippen LogP contribution in [0.15, 0.2) is 47.6 Å². The smallest absolute Gasteiger partial charge is 0.0411 e. The molecule has 2 atom stereocenters. The van der Waals surface area contributed by atoms with Gasteiger partial charge in [-0.3, -0.25) is 4.98 Å². The van der Waals surface area contributed by atoms with Crippen molar-refractivity contribution < 1.29 is 0 Å². The number of hydrogen-bond donors (Lipinski definition) is 1. The van der Waals surface area contributed by atoms with E-state index in [2.05, 4.69) is 47.6 Å². The first-order valence-corrected chi connectivity index (χ1v) is 7.58. The number of aryl methyl sites for hydroxylation is 1. The molecule has 3 heteroatoms. The van der Waals surface area contributed by atoms with Crippen LogP contribution in [0.1, 0.15) is 28.7 Å². The monoisotopic (exact) mass is 270 g/mol. The second-order valence-electron chi connectivity index (χ2n) is 5.02. The number of benzene rings is 1. The predicted molar refractivity (Wildman–Crippen MR) is 80.7 cm³/mol. The van der Waals surface area contributed by atoms with Gasteiger partial charge in [0.2, 0.25) is 0 Å². The van der Waals surface area contributed by atoms with Gasteiger partial charge in [-0.2, -0.15) is 0 Å². The van der Waals surface area contributed by atoms with Crippen molar-refractivity contribution >= 4 is 11.8 Å². The maximum absolute atomic E-state index is 4.33. The molecule has 1 aromatic carbocycles. The normalized spacial score (nSPS) is 19.2. The molecule has 0 spiro atoms. The Labute approximate surface area is 118 Å². The highest BCUT2D eigenvalue weighted by molar-refractivity contribution is 7.99. The molecule has 0 amide bonds. The fraction of sp³-hybridized carbons (Fsp3) is 0.312. The Balaban J connectivity index is 1.96. The van der Waals surface area contributed by atoms with Crippen LogP contribution in [-0.2, 0) is 0 Å². The molecule has 19 heavy (non-hydrogen) atoms. The quantitative estimate of drug-likeness (QED) is 0.923. The van der Waals surface area contributed by atoms with Crippen LogP contribution in [0, 0.1) is 6.92 Å². The Morgan fingerprint density at radius 1 is 1.32 bits per heavy atom. The molecule has 1 aliphatic rings. The van der Waals surface area contributed by atoms with Crippen molar-refractivity contribution in [2.45, 2.75) is 23.8 Å². The van der Waals surface area contributed by atoms with Crippen LogP contribution in [0.3, 0.4) is 0 Å². The van der Waals surface area contributed by atoms with Crippen LogP contribution < -0.4 is 5.32 Å². The molecule has 2 heterocycles. The number of pyridine rings is 1. The van der Waals surface area contributed by atoms with E-state index in [1.54, 1.807) is 0 Å². The number of nitrogens with one attached hydrogen (secondary N) is 1. The van der Waals surface area contributed by atoms with Crippen LogP contribution in [0.2, 0.25) is 0 Å². The molecule has 1 N–H and O–H groups in total. The Bertz CT molecular complexity index is 582. The zero-order valence-electron chi connectivity index (χ0n) is 11.3. The van der Waals surface area contributed by atoms with Crippen molar-refractivity contribution in [1.82, 2.24) is 10.3 Å². The lowest BCUT2D eigenvalue weighted by atomic mass is 9.89. The molecule has 0 saturated carbocycles. The summed E-state index contributed by atoms with van der Waals surface area (Å²) in [6.07, 6.45) is 3.90. The van der Waals surface area contributed by atoms with Gasteiger partial charge < -0.3 is 5.32 Å². The lowest BCUT2D eigenvalue weighted by Crippen LogP contribution is -2.24. The third-order valence-corrected chi connectivity index (χ3v) is 4.91. The van der Waals surface area contributed by atoms with E-state index in [1.807, 2.05) is 31.2 Å². The predicted octanol–water partition coefficient (Wildman–Crippen LogP) is 3.54. The van der Waals surface area contributed by atoms with Crippen LogP contribution >= 0.6 is 11.8 Å². The van der Waals surface area contributed by atoms with E-state index >= 15 is 0 Å². The van der Waals surface area contributed by atoms with Gasteiger partial charge in [-0.15, -0.1) is 11.8 Å². The van der Waals surface area contributed by atoms with Crippen LogP contribution in [0.4, 0.5) is 0 Å². The summed E-state index contributed by atoms with van der Waals surface area (Å²) in [6.45, 7) is 2.10. The molecule has 2 aromatic rings. The van der Waals surface area contributed by atoms with Gasteiger partial charge in [0.1, 0.15) is 0 Å². The summed E-state index contributed by atoms with van der Waals surface area (Å²) in [4.78, 5) is 5.76. The summed E-state index contributed by atoms with van der Waals surface area (Å²) < 4.78 is 0. The van der Waals surface area contributed by atoms with Gasteiger partial charge in [0.15, 0.2) is 0 Å². The number of likely N-dealkylation sites (N-methyl/N-ethyl adjacent to an activating group) is 1. The Hall–Kier alpha value is -1.32. The molecule has 0 bridgehead atoms. The van der Waals surface area contributed by atoms with E-state index in [1.165, 1.54) is 21.6 Å². The van der Waals surface area contributed by atoms with Crippen molar-refractivity contribution in [3.8, 4) is 0 Å². The molecule has 3 rings (SSSR count). The van der Waals surface area contributed by atoms with E-state index in [0.717, 1.165) is 5.75 Å². The topological polar surface area (TPSA) is 24.9 Å². The Morgan fingerprint density at radius 2 is 2.16 bits per heavy atom. The molecular formula is C16H18N2S. The minimum Gasteiger partial charge on any atom is -0.312 e. The molecule has 0 radical (unpaired) electrons. The van der Waals surface area contributed by atoms with Crippen LogP contribution in [0.25, 0.3) is 0 Å². The lowest BCUT2D eigenvalue weighted by molar-refractivity contribution is 0.513. The summed E-state index contributed by atoms with van der Waals surface area (Å²) in [7, 11) is 2.04. The van der Waals surface area contributed by atoms with Gasteiger partial charge in [0.25, 0.3) is 0 Å². The van der Waals surface area contributed by atoms with Gasteiger partial charge in [0, 0.05) is 35.0 Å². The maximum atomic E-state index is 4.33. The fourth-order valence-electron chi connectivity index (χ4n) is 2.81. The molecule has 0 aliphatic carbocycles. The van der Waals surface area contributed by atoms with Crippen molar-refractivity contribution in [3.05, 3.63) is 59.4 Å². The standard InChI is InChI=1S/C16H18N2S/c1-11-7-12(9-18-8-11)16(17-2)14-10-19-15-6-4-3-5-13(14)15/h3-9,14,16-17H,10H2,1-2H3. The molecule has 1 aliphatic heterocycles. The first-order chi connectivity index (χ1) is 9.29. The first-order valence-electron chi connectivity index (χ1n) is 6.60. The van der Waals surface area contributed by atoms with Crippen LogP contribution in [-0.4, -0.2) is 17.8 Å². The summed E-state index contributed by atoms with van der Waals surface area (Å²) in [5, 5.41) is 3.48. The van der Waals surface area contributed by atoms with Crippen molar-refractivity contribution in [2.75, 3.05) is 12.8 Å². The number of nitrogens with zero attached hydrogens (tertiary/aromatic N) is 1. The van der Waals surface area contributed by atoms with E-state index < -0.39 is 0 Å². The minimum absolute atomic E-state index is 0.337. The second kappa shape index (κ2) is 5.35. The zero-order valence-corrected chi connectivity index (χ0v) is 12.1. The largest absolute Gasteiger partial charge is 0.312 e. The summed E-state index contributed by atoms with van der Waals surface area (Å²) in [5.41, 5.74) is 3.97. The highest BCUT2D eigenvalue weighted by Crippen LogP contribution is 2.45. The third kappa shape index (κ3) is 2.40. The molecular weight excluding hydrogens is 252 g/mol. The molecule has 2 nitrogen and oxygen atoms in total. The minimum atomic E-state index is 0.337. The van der Waals surface area contributed by atoms with Crippen LogP contribution in [0.5, 0.6) is 0 Å². The number of rotatable bonds is 3. The Morgan fingerprint density at radius 3 is 2.95 bits per heavy atom. The average molecular weight is 270 g/mol. The molecule has 0 saturated heterocycles. The summed E-state index contributed by atoms with van der Waals surface area (Å²) in [6, 6.07) is 11.3. The van der Waals surface area contributed by atoms with E-state index in [0.29, 0.717) is 12.0 Å². The number of aromatic nitrogens is 1. The van der Waals surface area contributed by atoms with Crippen molar-refractivity contribution in [1.29, 1.82) is 0 Å². The number of fused-ring (bicyclic) bond motifs is 1. The first kappa shape index (κ1) is 12.7. The maximum Gasteiger partial charge on any atom is 0.0411 e. The SMILES string of the molecule is CNC(c1cncc(C)c1)C1CSc2ccccc21. The number of thioether (sulfide) groups is 1. The van der Waals surface area contributed by atoms with Gasteiger partial charge in [-0.25, -0.2) is 0 Å². The molecule has 0 fully saturated rings. The van der Waals surface area contributed by atoms with Crippen molar-refractivity contribution in [2.24, 2.45) is 0 Å². The summed E-state index contributed by atoms with van der Waals surface area (Å²) in [5.74, 6) is 1.66. The fourth-order valence-corrected chi connectivity index (χ4v) is 4.10. The highest BCUT2D eigenvalue weighted by atomic mass is 32.2.